The molecule has 168 valence electrons. The summed E-state index contributed by atoms with van der Waals surface area (Å²) in [7, 11) is -3.11. The molecular formula is C20H22BrF2N3O3S2. The highest BCUT2D eigenvalue weighted by atomic mass is 79.9. The first-order chi connectivity index (χ1) is 14.6. The summed E-state index contributed by atoms with van der Waals surface area (Å²) in [6, 6.07) is 2.58. The van der Waals surface area contributed by atoms with Crippen molar-refractivity contribution in [3.63, 3.8) is 0 Å². The van der Waals surface area contributed by atoms with Gasteiger partial charge in [0.1, 0.15) is 21.5 Å². The fourth-order valence-corrected chi connectivity index (χ4v) is 6.27. The largest absolute Gasteiger partial charge is 0.342 e. The van der Waals surface area contributed by atoms with E-state index in [9.17, 15) is 22.0 Å². The summed E-state index contributed by atoms with van der Waals surface area (Å²) < 4.78 is 54.8. The van der Waals surface area contributed by atoms with Gasteiger partial charge in [-0.2, -0.15) is 0 Å². The van der Waals surface area contributed by atoms with Crippen LogP contribution in [-0.2, 0) is 34.0 Å². The highest BCUT2D eigenvalue weighted by Gasteiger charge is 2.33. The zero-order valence-corrected chi connectivity index (χ0v) is 20.0. The number of halogens is 3. The van der Waals surface area contributed by atoms with Crippen molar-refractivity contribution in [2.75, 3.05) is 19.3 Å². The first-order valence-corrected chi connectivity index (χ1v) is 13.1. The third kappa shape index (κ3) is 4.36. The van der Waals surface area contributed by atoms with Gasteiger partial charge in [-0.15, -0.1) is 0 Å². The van der Waals surface area contributed by atoms with Crippen molar-refractivity contribution < 1.29 is 22.0 Å². The fraction of sp³-hybridized carbons (Fsp3) is 0.500. The average molecular weight is 534 g/mol. The van der Waals surface area contributed by atoms with E-state index in [-0.39, 0.29) is 22.4 Å². The van der Waals surface area contributed by atoms with E-state index in [1.54, 1.807) is 9.47 Å². The Hall–Kier alpha value is -1.59. The predicted octanol–water partition coefficient (Wildman–Crippen LogP) is 3.50. The minimum atomic E-state index is -3.11. The zero-order chi connectivity index (χ0) is 22.5. The fourth-order valence-electron chi connectivity index (χ4n) is 4.55. The molecule has 2 aliphatic rings. The maximum absolute atomic E-state index is 14.6. The van der Waals surface area contributed by atoms with Crippen LogP contribution in [-0.4, -0.2) is 53.4 Å². The van der Waals surface area contributed by atoms with Crippen LogP contribution in [0.3, 0.4) is 0 Å². The van der Waals surface area contributed by atoms with Gasteiger partial charge in [-0.25, -0.2) is 17.2 Å². The average Bonchev–Trinajstić information content (AvgIpc) is 3.26. The van der Waals surface area contributed by atoms with Crippen LogP contribution in [0, 0.1) is 16.4 Å². The summed E-state index contributed by atoms with van der Waals surface area (Å²) >= 11 is 8.49. The van der Waals surface area contributed by atoms with Crippen LogP contribution < -0.4 is 0 Å². The normalized spacial score (nSPS) is 19.6. The number of carbonyl (C=O) groups is 1. The number of H-pyrrole nitrogens is 1. The van der Waals surface area contributed by atoms with Gasteiger partial charge >= 0.3 is 0 Å². The van der Waals surface area contributed by atoms with Gasteiger partial charge in [0.25, 0.3) is 0 Å². The SMILES string of the molecule is CS(=O)(=O)C1CCN(C(=O)Cc2[nH]c(=S)n3c2C[C@H](c2c(F)ccc(Br)c2F)C3)CC1. The number of hydrogen-bond acceptors (Lipinski definition) is 4. The number of sulfone groups is 1. The molecule has 0 aliphatic carbocycles. The van der Waals surface area contributed by atoms with Crippen molar-refractivity contribution in [2.24, 2.45) is 0 Å². The lowest BCUT2D eigenvalue weighted by Crippen LogP contribution is -2.43. The Morgan fingerprint density at radius 1 is 1.29 bits per heavy atom. The quantitative estimate of drug-likeness (QED) is 0.482. The van der Waals surface area contributed by atoms with Gasteiger partial charge in [-0.1, -0.05) is 0 Å². The molecule has 1 saturated heterocycles. The van der Waals surface area contributed by atoms with Crippen molar-refractivity contribution in [1.29, 1.82) is 0 Å². The highest BCUT2D eigenvalue weighted by molar-refractivity contribution is 9.10. The van der Waals surface area contributed by atoms with Crippen LogP contribution in [0.2, 0.25) is 0 Å². The maximum atomic E-state index is 14.6. The van der Waals surface area contributed by atoms with Crippen LogP contribution in [0.15, 0.2) is 16.6 Å². The topological polar surface area (TPSA) is 75.2 Å². The van der Waals surface area contributed by atoms with Gasteiger partial charge in [0.05, 0.1) is 16.1 Å². The Morgan fingerprint density at radius 3 is 2.61 bits per heavy atom. The number of aromatic nitrogens is 2. The van der Waals surface area contributed by atoms with Gasteiger partial charge in [-0.05, 0) is 59.5 Å². The lowest BCUT2D eigenvalue weighted by molar-refractivity contribution is -0.131. The summed E-state index contributed by atoms with van der Waals surface area (Å²) in [5.74, 6) is -1.74. The van der Waals surface area contributed by atoms with E-state index in [1.165, 1.54) is 18.4 Å². The molecule has 31 heavy (non-hydrogen) atoms. The maximum Gasteiger partial charge on any atom is 0.228 e. The van der Waals surface area contributed by atoms with Crippen molar-refractivity contribution in [2.45, 2.75) is 43.4 Å². The lowest BCUT2D eigenvalue weighted by Gasteiger charge is -2.31. The molecule has 11 heteroatoms. The van der Waals surface area contributed by atoms with Crippen LogP contribution in [0.25, 0.3) is 0 Å². The first-order valence-electron chi connectivity index (χ1n) is 9.96. The molecule has 1 amide bonds. The number of benzene rings is 1. The van der Waals surface area contributed by atoms with Crippen LogP contribution in [0.4, 0.5) is 8.78 Å². The molecule has 3 heterocycles. The number of hydrogen-bond donors (Lipinski definition) is 1. The van der Waals surface area contributed by atoms with E-state index >= 15 is 0 Å². The molecule has 0 bridgehead atoms. The van der Waals surface area contributed by atoms with Gasteiger partial charge in [0, 0.05) is 48.8 Å². The second-order valence-electron chi connectivity index (χ2n) is 8.21. The molecule has 4 rings (SSSR count). The monoisotopic (exact) mass is 533 g/mol. The van der Waals surface area contributed by atoms with E-state index < -0.39 is 32.6 Å². The van der Waals surface area contributed by atoms with Gasteiger partial charge in [-0.3, -0.25) is 4.79 Å². The number of imidazole rings is 1. The van der Waals surface area contributed by atoms with Crippen molar-refractivity contribution in [3.05, 3.63) is 50.0 Å². The minimum Gasteiger partial charge on any atom is -0.342 e. The molecule has 6 nitrogen and oxygen atoms in total. The second-order valence-corrected chi connectivity index (χ2v) is 11.8. The summed E-state index contributed by atoms with van der Waals surface area (Å²) in [6.45, 7) is 1.12. The third-order valence-electron chi connectivity index (χ3n) is 6.24. The number of nitrogens with one attached hydrogen (secondary N) is 1. The summed E-state index contributed by atoms with van der Waals surface area (Å²) in [6.07, 6.45) is 2.55. The van der Waals surface area contributed by atoms with Crippen LogP contribution in [0.5, 0.6) is 0 Å². The molecule has 1 N–H and O–H groups in total. The van der Waals surface area contributed by atoms with Crippen molar-refractivity contribution in [3.8, 4) is 0 Å². The van der Waals surface area contributed by atoms with E-state index in [0.717, 1.165) is 5.69 Å². The van der Waals surface area contributed by atoms with Crippen LogP contribution >= 0.6 is 28.1 Å². The molecule has 2 aromatic rings. The number of nitrogens with zero attached hydrogens (tertiary/aromatic N) is 2. The second kappa shape index (κ2) is 8.40. The van der Waals surface area contributed by atoms with Gasteiger partial charge in [0.15, 0.2) is 4.77 Å². The number of aromatic amines is 1. The Morgan fingerprint density at radius 2 is 1.97 bits per heavy atom. The first kappa shape index (κ1) is 22.6. The number of rotatable bonds is 4. The molecule has 0 radical (unpaired) electrons. The Kier molecular flexibility index (Phi) is 6.12. The van der Waals surface area contributed by atoms with Gasteiger partial charge in [0.2, 0.25) is 5.91 Å². The lowest BCUT2D eigenvalue weighted by atomic mass is 9.95. The van der Waals surface area contributed by atoms with Crippen molar-refractivity contribution in [1.82, 2.24) is 14.5 Å². The molecule has 1 aromatic carbocycles. The van der Waals surface area contributed by atoms with E-state index in [2.05, 4.69) is 20.9 Å². The van der Waals surface area contributed by atoms with Crippen molar-refractivity contribution >= 4 is 43.9 Å². The minimum absolute atomic E-state index is 0.0209. The summed E-state index contributed by atoms with van der Waals surface area (Å²) in [5, 5.41) is -0.406. The van der Waals surface area contributed by atoms with Gasteiger partial charge < -0.3 is 14.5 Å². The zero-order valence-electron chi connectivity index (χ0n) is 16.8. The Balaban J connectivity index is 1.50. The molecule has 1 atom stereocenters. The predicted molar refractivity (Wildman–Crippen MR) is 118 cm³/mol. The van der Waals surface area contributed by atoms with E-state index in [0.29, 0.717) is 49.4 Å². The molecule has 0 saturated carbocycles. The molecule has 1 fully saturated rings. The van der Waals surface area contributed by atoms with E-state index in [4.69, 9.17) is 12.2 Å². The molecule has 0 spiro atoms. The molecular weight excluding hydrogens is 512 g/mol. The number of fused-ring (bicyclic) bond motifs is 1. The summed E-state index contributed by atoms with van der Waals surface area (Å²) in [4.78, 5) is 17.6. The Labute approximate surface area is 192 Å². The number of carbonyl (C=O) groups excluding carboxylic acids is 1. The number of amides is 1. The standard InChI is InChI=1S/C20H22BrF2N3O3S2/c1-31(28,29)12-4-6-25(7-5-12)17(27)9-15-16-8-11(10-26(16)20(30)24-15)18-14(22)3-2-13(21)19(18)23/h2-3,11-12H,4-10H2,1H3,(H,24,30)/t11-/m0/s1. The number of piperidine rings is 1. The molecule has 0 unspecified atom stereocenters. The number of likely N-dealkylation sites (tertiary alicyclic amines) is 1. The highest BCUT2D eigenvalue weighted by Crippen LogP contribution is 2.36. The summed E-state index contributed by atoms with van der Waals surface area (Å²) in [5.41, 5.74) is 1.46. The molecule has 2 aliphatic heterocycles. The van der Waals surface area contributed by atoms with Crippen LogP contribution in [0.1, 0.15) is 35.7 Å². The Bertz CT molecular complexity index is 1200. The van der Waals surface area contributed by atoms with E-state index in [1.807, 2.05) is 0 Å². The third-order valence-corrected chi connectivity index (χ3v) is 8.85. The molecule has 1 aromatic heterocycles. The smallest absolute Gasteiger partial charge is 0.228 e.